The maximum atomic E-state index is 12.3. The Kier molecular flexibility index (Phi) is 8.02. The van der Waals surface area contributed by atoms with Gasteiger partial charge in [-0.3, -0.25) is 4.79 Å². The molecule has 0 saturated carbocycles. The van der Waals surface area contributed by atoms with E-state index in [1.807, 2.05) is 25.1 Å². The standard InChI is InChI=1S/C22H28ClN3O4/c1-16-14-18(23)5-6-20(16)30-13-3-9-24-22(28)26-10-7-17(8-11-26)21(27)25-15-19-4-2-12-29-19/h2,4-6,12,14,17H,3,7-11,13,15H2,1H3,(H,24,28)(H,25,27). The molecule has 0 radical (unpaired) electrons. The minimum Gasteiger partial charge on any atom is -0.493 e. The maximum Gasteiger partial charge on any atom is 0.317 e. The topological polar surface area (TPSA) is 83.8 Å². The number of nitrogens with one attached hydrogen (secondary N) is 2. The average molecular weight is 434 g/mol. The number of hydrogen-bond donors (Lipinski definition) is 2. The van der Waals surface area contributed by atoms with E-state index in [9.17, 15) is 9.59 Å². The number of piperidine rings is 1. The summed E-state index contributed by atoms with van der Waals surface area (Å²) in [5.74, 6) is 1.48. The minimum absolute atomic E-state index is 0.0149. The smallest absolute Gasteiger partial charge is 0.317 e. The molecule has 1 fully saturated rings. The average Bonchev–Trinajstić information content (AvgIpc) is 3.27. The number of amides is 3. The first-order valence-corrected chi connectivity index (χ1v) is 10.6. The zero-order chi connectivity index (χ0) is 21.3. The third-order valence-corrected chi connectivity index (χ3v) is 5.40. The number of carbonyl (C=O) groups excluding carboxylic acids is 2. The van der Waals surface area contributed by atoms with E-state index >= 15 is 0 Å². The molecule has 0 spiro atoms. The summed E-state index contributed by atoms with van der Waals surface area (Å²) < 4.78 is 11.0. The molecule has 1 aliphatic rings. The Bertz CT molecular complexity index is 833. The summed E-state index contributed by atoms with van der Waals surface area (Å²) in [5, 5.41) is 6.50. The van der Waals surface area contributed by atoms with Crippen molar-refractivity contribution in [2.45, 2.75) is 32.7 Å². The third-order valence-electron chi connectivity index (χ3n) is 5.16. The Morgan fingerprint density at radius 3 is 2.73 bits per heavy atom. The van der Waals surface area contributed by atoms with Gasteiger partial charge in [-0.25, -0.2) is 4.79 Å². The third kappa shape index (κ3) is 6.42. The SMILES string of the molecule is Cc1cc(Cl)ccc1OCCCNC(=O)N1CCC(C(=O)NCc2ccco2)CC1. The van der Waals surface area contributed by atoms with Gasteiger partial charge in [0, 0.05) is 30.6 Å². The van der Waals surface area contributed by atoms with Gasteiger partial charge >= 0.3 is 6.03 Å². The van der Waals surface area contributed by atoms with Crippen LogP contribution in [0.1, 0.15) is 30.6 Å². The Morgan fingerprint density at radius 1 is 1.23 bits per heavy atom. The van der Waals surface area contributed by atoms with Crippen LogP contribution < -0.4 is 15.4 Å². The number of urea groups is 1. The Balaban J connectivity index is 1.29. The van der Waals surface area contributed by atoms with Crippen molar-refractivity contribution >= 4 is 23.5 Å². The van der Waals surface area contributed by atoms with E-state index in [4.69, 9.17) is 20.8 Å². The molecular formula is C22H28ClN3O4. The molecule has 3 rings (SSSR count). The van der Waals surface area contributed by atoms with Gasteiger partial charge in [-0.05, 0) is 62.1 Å². The predicted molar refractivity (Wildman–Crippen MR) is 115 cm³/mol. The van der Waals surface area contributed by atoms with Crippen molar-refractivity contribution in [3.8, 4) is 5.75 Å². The molecule has 1 aliphatic heterocycles. The molecule has 1 aromatic heterocycles. The van der Waals surface area contributed by atoms with E-state index in [0.717, 1.165) is 17.1 Å². The van der Waals surface area contributed by atoms with E-state index in [2.05, 4.69) is 10.6 Å². The highest BCUT2D eigenvalue weighted by molar-refractivity contribution is 6.30. The van der Waals surface area contributed by atoms with Crippen LogP contribution in [0, 0.1) is 12.8 Å². The number of likely N-dealkylation sites (tertiary alicyclic amines) is 1. The summed E-state index contributed by atoms with van der Waals surface area (Å²) in [4.78, 5) is 26.4. The van der Waals surface area contributed by atoms with Gasteiger partial charge in [-0.15, -0.1) is 0 Å². The molecule has 2 aromatic rings. The van der Waals surface area contributed by atoms with E-state index in [1.165, 1.54) is 0 Å². The molecule has 162 valence electrons. The molecule has 1 aromatic carbocycles. The lowest BCUT2D eigenvalue weighted by Gasteiger charge is -2.31. The molecule has 8 heteroatoms. The van der Waals surface area contributed by atoms with Gasteiger partial charge in [0.05, 0.1) is 19.4 Å². The summed E-state index contributed by atoms with van der Waals surface area (Å²) in [6, 6.07) is 9.04. The van der Waals surface area contributed by atoms with Crippen LogP contribution in [0.5, 0.6) is 5.75 Å². The highest BCUT2D eigenvalue weighted by atomic mass is 35.5. The zero-order valence-corrected chi connectivity index (χ0v) is 17.9. The Morgan fingerprint density at radius 2 is 2.03 bits per heavy atom. The van der Waals surface area contributed by atoms with E-state index in [0.29, 0.717) is 57.1 Å². The molecule has 3 amide bonds. The molecular weight excluding hydrogens is 406 g/mol. The van der Waals surface area contributed by atoms with Gasteiger partial charge in [0.1, 0.15) is 11.5 Å². The van der Waals surface area contributed by atoms with Crippen molar-refractivity contribution in [2.24, 2.45) is 5.92 Å². The number of nitrogens with zero attached hydrogens (tertiary/aromatic N) is 1. The first-order valence-electron chi connectivity index (χ1n) is 10.2. The summed E-state index contributed by atoms with van der Waals surface area (Å²) in [6.07, 6.45) is 3.62. The Hall–Kier alpha value is -2.67. The number of ether oxygens (including phenoxy) is 1. The zero-order valence-electron chi connectivity index (χ0n) is 17.2. The number of benzene rings is 1. The van der Waals surface area contributed by atoms with Crippen molar-refractivity contribution < 1.29 is 18.7 Å². The van der Waals surface area contributed by atoms with Gasteiger partial charge in [0.2, 0.25) is 5.91 Å². The van der Waals surface area contributed by atoms with Crippen LogP contribution in [0.15, 0.2) is 41.0 Å². The Labute approximate surface area is 181 Å². The van der Waals surface area contributed by atoms with Crippen molar-refractivity contribution in [2.75, 3.05) is 26.2 Å². The van der Waals surface area contributed by atoms with Crippen LogP contribution in [0.4, 0.5) is 4.79 Å². The molecule has 2 N–H and O–H groups in total. The lowest BCUT2D eigenvalue weighted by molar-refractivity contribution is -0.126. The second kappa shape index (κ2) is 10.9. The van der Waals surface area contributed by atoms with Crippen LogP contribution in [-0.2, 0) is 11.3 Å². The maximum absolute atomic E-state index is 12.3. The van der Waals surface area contributed by atoms with Crippen molar-refractivity contribution in [1.82, 2.24) is 15.5 Å². The first-order chi connectivity index (χ1) is 14.5. The second-order valence-corrected chi connectivity index (χ2v) is 7.84. The van der Waals surface area contributed by atoms with Gasteiger partial charge < -0.3 is 24.7 Å². The minimum atomic E-state index is -0.0906. The molecule has 0 unspecified atom stereocenters. The lowest BCUT2D eigenvalue weighted by atomic mass is 9.96. The monoisotopic (exact) mass is 433 g/mol. The summed E-state index contributed by atoms with van der Waals surface area (Å²) in [5.41, 5.74) is 0.989. The number of rotatable bonds is 8. The van der Waals surface area contributed by atoms with Crippen LogP contribution in [-0.4, -0.2) is 43.1 Å². The second-order valence-electron chi connectivity index (χ2n) is 7.40. The molecule has 7 nitrogen and oxygen atoms in total. The number of furan rings is 1. The molecule has 0 atom stereocenters. The molecule has 0 aliphatic carbocycles. The van der Waals surface area contributed by atoms with Crippen LogP contribution in [0.2, 0.25) is 5.02 Å². The first kappa shape index (κ1) is 22.0. The van der Waals surface area contributed by atoms with Crippen molar-refractivity contribution in [3.63, 3.8) is 0 Å². The fourth-order valence-electron chi connectivity index (χ4n) is 3.41. The van der Waals surface area contributed by atoms with E-state index in [1.54, 1.807) is 23.3 Å². The van der Waals surface area contributed by atoms with Gasteiger partial charge in [-0.2, -0.15) is 0 Å². The normalized spacial score (nSPS) is 14.4. The van der Waals surface area contributed by atoms with Crippen LogP contribution in [0.25, 0.3) is 0 Å². The fraction of sp³-hybridized carbons (Fsp3) is 0.455. The summed E-state index contributed by atoms with van der Waals surface area (Å²) >= 11 is 5.94. The molecule has 1 saturated heterocycles. The number of halogens is 1. The number of hydrogen-bond acceptors (Lipinski definition) is 4. The lowest BCUT2D eigenvalue weighted by Crippen LogP contribution is -2.47. The fourth-order valence-corrected chi connectivity index (χ4v) is 3.64. The van der Waals surface area contributed by atoms with Gasteiger partial charge in [-0.1, -0.05) is 11.6 Å². The summed E-state index contributed by atoms with van der Waals surface area (Å²) in [7, 11) is 0. The van der Waals surface area contributed by atoms with E-state index < -0.39 is 0 Å². The largest absolute Gasteiger partial charge is 0.493 e. The molecule has 0 bridgehead atoms. The molecule has 30 heavy (non-hydrogen) atoms. The number of carbonyl (C=O) groups is 2. The van der Waals surface area contributed by atoms with Gasteiger partial charge in [0.25, 0.3) is 0 Å². The highest BCUT2D eigenvalue weighted by Gasteiger charge is 2.27. The van der Waals surface area contributed by atoms with Crippen molar-refractivity contribution in [1.29, 1.82) is 0 Å². The van der Waals surface area contributed by atoms with E-state index in [-0.39, 0.29) is 17.9 Å². The highest BCUT2D eigenvalue weighted by Crippen LogP contribution is 2.22. The number of aryl methyl sites for hydroxylation is 1. The predicted octanol–water partition coefficient (Wildman–Crippen LogP) is 3.75. The molecule has 2 heterocycles. The van der Waals surface area contributed by atoms with Gasteiger partial charge in [0.15, 0.2) is 0 Å². The quantitative estimate of drug-likeness (QED) is 0.621. The summed E-state index contributed by atoms with van der Waals surface area (Å²) in [6.45, 7) is 4.54. The van der Waals surface area contributed by atoms with Crippen LogP contribution >= 0.6 is 11.6 Å². The van der Waals surface area contributed by atoms with Crippen molar-refractivity contribution in [3.05, 3.63) is 52.9 Å². The van der Waals surface area contributed by atoms with Crippen LogP contribution in [0.3, 0.4) is 0 Å².